The summed E-state index contributed by atoms with van der Waals surface area (Å²) in [4.78, 5) is 11.8. The first-order chi connectivity index (χ1) is 8.14. The van der Waals surface area contributed by atoms with Crippen LogP contribution in [0.3, 0.4) is 0 Å². The fraction of sp³-hybridized carbons (Fsp3) is 0.933. The molecule has 0 fully saturated rings. The largest absolute Gasteiger partial charge is 0.354 e. The van der Waals surface area contributed by atoms with Crippen LogP contribution >= 0.6 is 0 Å². The maximum Gasteiger partial charge on any atom is 0.221 e. The van der Waals surface area contributed by atoms with Gasteiger partial charge in [0.25, 0.3) is 0 Å². The van der Waals surface area contributed by atoms with Gasteiger partial charge < -0.3 is 11.1 Å². The molecule has 0 saturated carbocycles. The molecule has 0 aliphatic heterocycles. The number of nitrogens with one attached hydrogen (secondary N) is 1. The third kappa shape index (κ3) is 9.46. The summed E-state index contributed by atoms with van der Waals surface area (Å²) in [6.45, 7) is 12.9. The Balaban J connectivity index is 3.96. The number of rotatable bonds is 7. The molecule has 0 aliphatic carbocycles. The van der Waals surface area contributed by atoms with Gasteiger partial charge in [-0.3, -0.25) is 4.79 Å². The fourth-order valence-electron chi connectivity index (χ4n) is 2.26. The molecular formula is C15H32N2O. The van der Waals surface area contributed by atoms with Crippen LogP contribution in [-0.4, -0.2) is 18.0 Å². The van der Waals surface area contributed by atoms with Crippen molar-refractivity contribution in [2.24, 2.45) is 17.1 Å². The van der Waals surface area contributed by atoms with Gasteiger partial charge in [-0.15, -0.1) is 0 Å². The molecule has 0 aromatic carbocycles. The van der Waals surface area contributed by atoms with Crippen molar-refractivity contribution in [2.75, 3.05) is 0 Å². The van der Waals surface area contributed by atoms with Gasteiger partial charge in [-0.25, -0.2) is 0 Å². The lowest BCUT2D eigenvalue weighted by Crippen LogP contribution is -2.38. The maximum absolute atomic E-state index is 11.8. The van der Waals surface area contributed by atoms with Crippen molar-refractivity contribution < 1.29 is 4.79 Å². The van der Waals surface area contributed by atoms with E-state index in [0.29, 0.717) is 12.3 Å². The first-order valence-corrected chi connectivity index (χ1v) is 7.19. The molecule has 3 heteroatoms. The highest BCUT2D eigenvalue weighted by Crippen LogP contribution is 2.21. The molecule has 3 N–H and O–H groups in total. The molecule has 18 heavy (non-hydrogen) atoms. The summed E-state index contributed by atoms with van der Waals surface area (Å²) < 4.78 is 0. The lowest BCUT2D eigenvalue weighted by Gasteiger charge is -2.24. The van der Waals surface area contributed by atoms with E-state index >= 15 is 0 Å². The average molecular weight is 256 g/mol. The van der Waals surface area contributed by atoms with Crippen molar-refractivity contribution >= 4 is 5.91 Å². The van der Waals surface area contributed by atoms with Crippen LogP contribution in [-0.2, 0) is 4.79 Å². The molecule has 108 valence electrons. The summed E-state index contributed by atoms with van der Waals surface area (Å²) >= 11 is 0. The van der Waals surface area contributed by atoms with Crippen molar-refractivity contribution in [3.05, 3.63) is 0 Å². The predicted octanol–water partition coefficient (Wildman–Crippen LogP) is 3.08. The quantitative estimate of drug-likeness (QED) is 0.735. The zero-order valence-electron chi connectivity index (χ0n) is 13.0. The Labute approximate surface area is 113 Å². The highest BCUT2D eigenvalue weighted by Gasteiger charge is 2.19. The topological polar surface area (TPSA) is 55.1 Å². The van der Waals surface area contributed by atoms with E-state index in [0.717, 1.165) is 19.3 Å². The molecule has 0 bridgehead atoms. The number of hydrogen-bond donors (Lipinski definition) is 2. The number of hydrogen-bond acceptors (Lipinski definition) is 2. The van der Waals surface area contributed by atoms with Gasteiger partial charge in [0.15, 0.2) is 0 Å². The molecule has 1 amide bonds. The van der Waals surface area contributed by atoms with Crippen molar-refractivity contribution in [3.8, 4) is 0 Å². The molecule has 0 rings (SSSR count). The molecule has 0 aliphatic rings. The van der Waals surface area contributed by atoms with Crippen LogP contribution in [0, 0.1) is 11.3 Å². The van der Waals surface area contributed by atoms with E-state index < -0.39 is 0 Å². The molecule has 0 aromatic rings. The highest BCUT2D eigenvalue weighted by molar-refractivity contribution is 5.76. The summed E-state index contributed by atoms with van der Waals surface area (Å²) in [5.41, 5.74) is 6.19. The molecule has 3 atom stereocenters. The average Bonchev–Trinajstić information content (AvgIpc) is 2.12. The summed E-state index contributed by atoms with van der Waals surface area (Å²) in [6.07, 6.45) is 3.50. The second-order valence-corrected chi connectivity index (χ2v) is 6.95. The van der Waals surface area contributed by atoms with Crippen LogP contribution in [0.5, 0.6) is 0 Å². The van der Waals surface area contributed by atoms with Crippen LogP contribution < -0.4 is 11.1 Å². The molecule has 3 unspecified atom stereocenters. The Morgan fingerprint density at radius 1 is 1.28 bits per heavy atom. The zero-order valence-corrected chi connectivity index (χ0v) is 13.0. The van der Waals surface area contributed by atoms with Crippen molar-refractivity contribution in [1.29, 1.82) is 0 Å². The number of nitrogens with two attached hydrogens (primary N) is 1. The van der Waals surface area contributed by atoms with Gasteiger partial charge in [-0.1, -0.05) is 41.0 Å². The van der Waals surface area contributed by atoms with E-state index in [1.807, 2.05) is 0 Å². The molecule has 3 nitrogen and oxygen atoms in total. The first-order valence-electron chi connectivity index (χ1n) is 7.19. The van der Waals surface area contributed by atoms with Gasteiger partial charge in [-0.2, -0.15) is 0 Å². The Morgan fingerprint density at radius 2 is 1.83 bits per heavy atom. The second kappa shape index (κ2) is 7.78. The standard InChI is InChI=1S/C15H32N2O/c1-7-11(2)8-12(3)17-14(18)9-13(16)10-15(4,5)6/h11-13H,7-10,16H2,1-6H3,(H,17,18). The highest BCUT2D eigenvalue weighted by atomic mass is 16.1. The van der Waals surface area contributed by atoms with Crippen LogP contribution in [0.15, 0.2) is 0 Å². The van der Waals surface area contributed by atoms with Gasteiger partial charge in [0, 0.05) is 18.5 Å². The van der Waals surface area contributed by atoms with E-state index in [9.17, 15) is 4.79 Å². The summed E-state index contributed by atoms with van der Waals surface area (Å²) in [6, 6.07) is 0.204. The normalized spacial score (nSPS) is 17.1. The number of carbonyl (C=O) groups excluding carboxylic acids is 1. The Bertz CT molecular complexity index is 245. The van der Waals surface area contributed by atoms with Gasteiger partial charge in [-0.05, 0) is 31.1 Å². The Hall–Kier alpha value is -0.570. The molecule has 0 radical (unpaired) electrons. The first kappa shape index (κ1) is 17.4. The van der Waals surface area contributed by atoms with Crippen LogP contribution in [0.1, 0.15) is 67.2 Å². The minimum absolute atomic E-state index is 0.0409. The summed E-state index contributed by atoms with van der Waals surface area (Å²) in [5, 5.41) is 3.04. The van der Waals surface area contributed by atoms with E-state index in [1.54, 1.807) is 0 Å². The van der Waals surface area contributed by atoms with Crippen molar-refractivity contribution in [3.63, 3.8) is 0 Å². The SMILES string of the molecule is CCC(C)CC(C)NC(=O)CC(N)CC(C)(C)C. The van der Waals surface area contributed by atoms with Gasteiger partial charge in [0.05, 0.1) is 0 Å². The van der Waals surface area contributed by atoms with E-state index in [1.165, 1.54) is 0 Å². The smallest absolute Gasteiger partial charge is 0.221 e. The van der Waals surface area contributed by atoms with E-state index in [2.05, 4.69) is 46.9 Å². The van der Waals surface area contributed by atoms with E-state index in [4.69, 9.17) is 5.73 Å². The minimum atomic E-state index is -0.0409. The Morgan fingerprint density at radius 3 is 2.28 bits per heavy atom. The molecule has 0 aromatic heterocycles. The van der Waals surface area contributed by atoms with Crippen molar-refractivity contribution in [2.45, 2.75) is 79.3 Å². The molecule has 0 saturated heterocycles. The monoisotopic (exact) mass is 256 g/mol. The third-order valence-electron chi connectivity index (χ3n) is 3.18. The third-order valence-corrected chi connectivity index (χ3v) is 3.18. The van der Waals surface area contributed by atoms with Gasteiger partial charge in [0.1, 0.15) is 0 Å². The minimum Gasteiger partial charge on any atom is -0.354 e. The van der Waals surface area contributed by atoms with Crippen LogP contribution in [0.4, 0.5) is 0 Å². The Kier molecular flexibility index (Phi) is 7.53. The lowest BCUT2D eigenvalue weighted by atomic mass is 9.87. The summed E-state index contributed by atoms with van der Waals surface area (Å²) in [5.74, 6) is 0.742. The molecular weight excluding hydrogens is 224 g/mol. The summed E-state index contributed by atoms with van der Waals surface area (Å²) in [7, 11) is 0. The molecule has 0 spiro atoms. The maximum atomic E-state index is 11.8. The lowest BCUT2D eigenvalue weighted by molar-refractivity contribution is -0.122. The predicted molar refractivity (Wildman–Crippen MR) is 78.3 cm³/mol. The van der Waals surface area contributed by atoms with Crippen LogP contribution in [0.2, 0.25) is 0 Å². The van der Waals surface area contributed by atoms with Gasteiger partial charge >= 0.3 is 0 Å². The van der Waals surface area contributed by atoms with Gasteiger partial charge in [0.2, 0.25) is 5.91 Å². The zero-order chi connectivity index (χ0) is 14.3. The molecule has 0 heterocycles. The van der Waals surface area contributed by atoms with Crippen molar-refractivity contribution in [1.82, 2.24) is 5.32 Å². The van der Waals surface area contributed by atoms with E-state index in [-0.39, 0.29) is 23.4 Å². The number of amides is 1. The van der Waals surface area contributed by atoms with Crippen LogP contribution in [0.25, 0.3) is 0 Å². The fourth-order valence-corrected chi connectivity index (χ4v) is 2.26. The second-order valence-electron chi connectivity index (χ2n) is 6.95. The number of carbonyl (C=O) groups is 1.